The van der Waals surface area contributed by atoms with E-state index in [0.29, 0.717) is 24.7 Å². The van der Waals surface area contributed by atoms with Crippen LogP contribution in [0.4, 0.5) is 0 Å². The Kier molecular flexibility index (Phi) is 6.86. The number of hydrogen-bond acceptors (Lipinski definition) is 5. The number of ether oxygens (including phenoxy) is 1. The lowest BCUT2D eigenvalue weighted by atomic mass is 9.85. The first-order chi connectivity index (χ1) is 14.6. The molecule has 7 heteroatoms. The molecule has 2 aromatic heterocycles. The summed E-state index contributed by atoms with van der Waals surface area (Å²) in [4.78, 5) is 11.2. The van der Waals surface area contributed by atoms with Crippen LogP contribution in [-0.2, 0) is 4.74 Å². The SMILES string of the molecule is CC1CC(Cl)=CC(Cl)=C1c1ncccc1[C@@H](O)[C@H](c1cccnc1)N1CCOCC1. The Morgan fingerprint density at radius 3 is 2.63 bits per heavy atom. The molecule has 0 saturated carbocycles. The minimum Gasteiger partial charge on any atom is -0.386 e. The van der Waals surface area contributed by atoms with Gasteiger partial charge in [0.2, 0.25) is 0 Å². The number of rotatable bonds is 5. The quantitative estimate of drug-likeness (QED) is 0.722. The number of pyridine rings is 2. The molecule has 0 spiro atoms. The van der Waals surface area contributed by atoms with Crippen LogP contribution in [0.25, 0.3) is 5.57 Å². The average molecular weight is 446 g/mol. The lowest BCUT2D eigenvalue weighted by Crippen LogP contribution is -2.41. The topological polar surface area (TPSA) is 58.5 Å². The fraction of sp³-hybridized carbons (Fsp3) is 0.391. The Morgan fingerprint density at radius 1 is 1.17 bits per heavy atom. The van der Waals surface area contributed by atoms with Crippen molar-refractivity contribution in [2.75, 3.05) is 26.3 Å². The second-order valence-electron chi connectivity index (χ2n) is 7.72. The van der Waals surface area contributed by atoms with E-state index in [1.807, 2.05) is 30.5 Å². The molecule has 1 N–H and O–H groups in total. The zero-order valence-corrected chi connectivity index (χ0v) is 18.4. The maximum absolute atomic E-state index is 11.7. The van der Waals surface area contributed by atoms with Crippen molar-refractivity contribution in [1.29, 1.82) is 0 Å². The molecule has 1 aliphatic carbocycles. The van der Waals surface area contributed by atoms with Crippen molar-refractivity contribution >= 4 is 28.8 Å². The van der Waals surface area contributed by atoms with E-state index in [2.05, 4.69) is 21.8 Å². The normalized spacial score (nSPS) is 22.5. The molecule has 1 fully saturated rings. The smallest absolute Gasteiger partial charge is 0.101 e. The van der Waals surface area contributed by atoms with Crippen molar-refractivity contribution in [3.05, 3.63) is 75.8 Å². The Labute approximate surface area is 187 Å². The van der Waals surface area contributed by atoms with Crippen LogP contribution in [0.5, 0.6) is 0 Å². The fourth-order valence-corrected chi connectivity index (χ4v) is 5.11. The van der Waals surface area contributed by atoms with Gasteiger partial charge < -0.3 is 9.84 Å². The Morgan fingerprint density at radius 2 is 1.93 bits per heavy atom. The Bertz CT molecular complexity index is 942. The van der Waals surface area contributed by atoms with Gasteiger partial charge in [-0.1, -0.05) is 42.3 Å². The van der Waals surface area contributed by atoms with Gasteiger partial charge in [0.05, 0.1) is 24.9 Å². The minimum absolute atomic E-state index is 0.107. The lowest BCUT2D eigenvalue weighted by molar-refractivity contribution is -0.0241. The van der Waals surface area contributed by atoms with Crippen molar-refractivity contribution in [2.45, 2.75) is 25.5 Å². The molecule has 0 aromatic carbocycles. The van der Waals surface area contributed by atoms with Gasteiger partial charge in [-0.3, -0.25) is 14.9 Å². The first kappa shape index (κ1) is 21.5. The monoisotopic (exact) mass is 445 g/mol. The number of nitrogens with zero attached hydrogens (tertiary/aromatic N) is 3. The summed E-state index contributed by atoms with van der Waals surface area (Å²) in [5, 5.41) is 13.0. The summed E-state index contributed by atoms with van der Waals surface area (Å²) in [6, 6.07) is 7.43. The maximum atomic E-state index is 11.7. The molecule has 1 saturated heterocycles. The van der Waals surface area contributed by atoms with E-state index >= 15 is 0 Å². The summed E-state index contributed by atoms with van der Waals surface area (Å²) in [5.74, 6) is 0.107. The highest BCUT2D eigenvalue weighted by molar-refractivity contribution is 6.37. The van der Waals surface area contributed by atoms with Crippen molar-refractivity contribution in [2.24, 2.45) is 5.92 Å². The fourth-order valence-electron chi connectivity index (χ4n) is 4.30. The zero-order chi connectivity index (χ0) is 21.1. The Hall–Kier alpha value is -1.76. The molecule has 3 atom stereocenters. The van der Waals surface area contributed by atoms with Gasteiger partial charge in [-0.05, 0) is 41.7 Å². The number of hydrogen-bond donors (Lipinski definition) is 1. The van der Waals surface area contributed by atoms with Gasteiger partial charge in [0.15, 0.2) is 0 Å². The third kappa shape index (κ3) is 4.46. The molecule has 4 rings (SSSR count). The number of aliphatic hydroxyl groups excluding tert-OH is 1. The second kappa shape index (κ2) is 9.58. The summed E-state index contributed by atoms with van der Waals surface area (Å²) < 4.78 is 5.53. The highest BCUT2D eigenvalue weighted by Crippen LogP contribution is 2.43. The number of morpholine rings is 1. The number of aromatic nitrogens is 2. The van der Waals surface area contributed by atoms with Crippen molar-refractivity contribution in [3.8, 4) is 0 Å². The van der Waals surface area contributed by atoms with E-state index in [4.69, 9.17) is 27.9 Å². The summed E-state index contributed by atoms with van der Waals surface area (Å²) in [6.07, 6.45) is 6.98. The highest BCUT2D eigenvalue weighted by atomic mass is 35.5. The van der Waals surface area contributed by atoms with Crippen molar-refractivity contribution in [1.82, 2.24) is 14.9 Å². The van der Waals surface area contributed by atoms with Gasteiger partial charge in [-0.15, -0.1) is 0 Å². The van der Waals surface area contributed by atoms with Crippen LogP contribution in [0.1, 0.15) is 42.3 Å². The molecular weight excluding hydrogens is 421 g/mol. The molecule has 0 amide bonds. The van der Waals surface area contributed by atoms with E-state index in [1.54, 1.807) is 18.5 Å². The molecule has 30 heavy (non-hydrogen) atoms. The van der Waals surface area contributed by atoms with Crippen LogP contribution in [0.3, 0.4) is 0 Å². The lowest BCUT2D eigenvalue weighted by Gasteiger charge is -2.38. The van der Waals surface area contributed by atoms with Crippen molar-refractivity contribution < 1.29 is 9.84 Å². The van der Waals surface area contributed by atoms with Gasteiger partial charge in [-0.25, -0.2) is 0 Å². The molecule has 1 unspecified atom stereocenters. The summed E-state index contributed by atoms with van der Waals surface area (Å²) in [7, 11) is 0. The minimum atomic E-state index is -0.804. The van der Waals surface area contributed by atoms with Gasteiger partial charge in [-0.2, -0.15) is 0 Å². The van der Waals surface area contributed by atoms with Crippen LogP contribution in [-0.4, -0.2) is 46.3 Å². The van der Waals surface area contributed by atoms with Crippen LogP contribution in [0.15, 0.2) is 59.0 Å². The number of aliphatic hydroxyl groups is 1. The number of halogens is 2. The summed E-state index contributed by atoms with van der Waals surface area (Å²) >= 11 is 12.8. The van der Waals surface area contributed by atoms with Gasteiger partial charge >= 0.3 is 0 Å². The van der Waals surface area contributed by atoms with E-state index in [1.165, 1.54) is 0 Å². The maximum Gasteiger partial charge on any atom is 0.101 e. The van der Waals surface area contributed by atoms with E-state index < -0.39 is 6.10 Å². The first-order valence-electron chi connectivity index (χ1n) is 10.2. The molecular formula is C23H25Cl2N3O2. The van der Waals surface area contributed by atoms with E-state index in [0.717, 1.165) is 40.5 Å². The molecule has 0 radical (unpaired) electrons. The molecule has 2 aromatic rings. The standard InChI is InChI=1S/C23H25Cl2N3O2/c1-15-12-17(24)13-19(25)20(15)21-18(5-3-7-27-21)23(29)22(16-4-2-6-26-14-16)28-8-10-30-11-9-28/h2-7,13-15,22-23,29H,8-12H2,1H3/t15?,22-,23+/m0/s1. The van der Waals surface area contributed by atoms with E-state index in [9.17, 15) is 5.11 Å². The van der Waals surface area contributed by atoms with Crippen molar-refractivity contribution in [3.63, 3.8) is 0 Å². The third-order valence-corrected chi connectivity index (χ3v) is 6.29. The first-order valence-corrected chi connectivity index (χ1v) is 10.9. The molecule has 2 aliphatic rings. The largest absolute Gasteiger partial charge is 0.386 e. The van der Waals surface area contributed by atoms with Gasteiger partial charge in [0.25, 0.3) is 0 Å². The predicted octanol–water partition coefficient (Wildman–Crippen LogP) is 4.70. The van der Waals surface area contributed by atoms with Gasteiger partial charge in [0.1, 0.15) is 6.10 Å². The number of allylic oxidation sites excluding steroid dienone is 4. The molecule has 1 aliphatic heterocycles. The zero-order valence-electron chi connectivity index (χ0n) is 16.8. The van der Waals surface area contributed by atoms with Crippen LogP contribution in [0, 0.1) is 5.92 Å². The predicted molar refractivity (Wildman–Crippen MR) is 119 cm³/mol. The van der Waals surface area contributed by atoms with Crippen LogP contribution < -0.4 is 0 Å². The van der Waals surface area contributed by atoms with E-state index in [-0.39, 0.29) is 12.0 Å². The third-order valence-electron chi connectivity index (χ3n) is 5.71. The Balaban J connectivity index is 1.78. The average Bonchev–Trinajstić information content (AvgIpc) is 2.75. The summed E-state index contributed by atoms with van der Waals surface area (Å²) in [6.45, 7) is 4.84. The second-order valence-corrected chi connectivity index (χ2v) is 8.62. The molecule has 3 heterocycles. The van der Waals surface area contributed by atoms with Crippen LogP contribution in [0.2, 0.25) is 0 Å². The van der Waals surface area contributed by atoms with Crippen LogP contribution >= 0.6 is 23.2 Å². The molecule has 158 valence electrons. The molecule has 5 nitrogen and oxygen atoms in total. The highest BCUT2D eigenvalue weighted by Gasteiger charge is 2.33. The van der Waals surface area contributed by atoms with Gasteiger partial charge in [0, 0.05) is 47.3 Å². The molecule has 0 bridgehead atoms. The summed E-state index contributed by atoms with van der Waals surface area (Å²) in [5.41, 5.74) is 3.36.